The number of ether oxygens (including phenoxy) is 1. The zero-order chi connectivity index (χ0) is 15.4. The molecule has 2 atom stereocenters. The molecule has 2 unspecified atom stereocenters. The topological polar surface area (TPSA) is 75.6 Å². The van der Waals surface area contributed by atoms with Gasteiger partial charge in [-0.3, -0.25) is 4.79 Å². The van der Waals surface area contributed by atoms with Crippen LogP contribution in [-0.4, -0.2) is 35.7 Å². The van der Waals surface area contributed by atoms with Gasteiger partial charge in [-0.25, -0.2) is 4.79 Å². The van der Waals surface area contributed by atoms with Gasteiger partial charge >= 0.3 is 5.97 Å². The van der Waals surface area contributed by atoms with Crippen LogP contribution in [0.2, 0.25) is 0 Å². The SMILES string of the molecule is Cc1cc(C(=O)NC2CCOC2C)ccc1/C=C/C(=O)O. The number of benzene rings is 1. The van der Waals surface area contributed by atoms with E-state index in [4.69, 9.17) is 9.84 Å². The van der Waals surface area contributed by atoms with Gasteiger partial charge in [0.1, 0.15) is 0 Å². The summed E-state index contributed by atoms with van der Waals surface area (Å²) in [5.41, 5.74) is 2.21. The fourth-order valence-corrected chi connectivity index (χ4v) is 2.34. The third-order valence-corrected chi connectivity index (χ3v) is 3.63. The number of carboxylic acid groups (broad SMARTS) is 1. The summed E-state index contributed by atoms with van der Waals surface area (Å²) >= 11 is 0. The van der Waals surface area contributed by atoms with Crippen molar-refractivity contribution >= 4 is 18.0 Å². The van der Waals surface area contributed by atoms with Crippen molar-refractivity contribution in [2.75, 3.05) is 6.61 Å². The maximum atomic E-state index is 12.2. The van der Waals surface area contributed by atoms with Gasteiger partial charge in [0, 0.05) is 18.2 Å². The van der Waals surface area contributed by atoms with Gasteiger partial charge in [0.2, 0.25) is 0 Å². The van der Waals surface area contributed by atoms with Crippen LogP contribution >= 0.6 is 0 Å². The van der Waals surface area contributed by atoms with E-state index in [1.807, 2.05) is 13.8 Å². The third-order valence-electron chi connectivity index (χ3n) is 3.63. The number of nitrogens with one attached hydrogen (secondary N) is 1. The molecule has 1 aliphatic heterocycles. The Morgan fingerprint density at radius 3 is 2.76 bits per heavy atom. The molecule has 1 saturated heterocycles. The van der Waals surface area contributed by atoms with Crippen molar-refractivity contribution < 1.29 is 19.4 Å². The monoisotopic (exact) mass is 289 g/mol. The Labute approximate surface area is 123 Å². The maximum absolute atomic E-state index is 12.2. The van der Waals surface area contributed by atoms with E-state index in [0.29, 0.717) is 12.2 Å². The summed E-state index contributed by atoms with van der Waals surface area (Å²) in [7, 11) is 0. The molecule has 0 aromatic heterocycles. The molecule has 21 heavy (non-hydrogen) atoms. The highest BCUT2D eigenvalue weighted by atomic mass is 16.5. The predicted octanol–water partition coefficient (Wildman–Crippen LogP) is 2.00. The highest BCUT2D eigenvalue weighted by Crippen LogP contribution is 2.16. The van der Waals surface area contributed by atoms with Gasteiger partial charge in [0.25, 0.3) is 5.91 Å². The fourth-order valence-electron chi connectivity index (χ4n) is 2.34. The number of hydrogen-bond donors (Lipinski definition) is 2. The van der Waals surface area contributed by atoms with E-state index in [9.17, 15) is 9.59 Å². The van der Waals surface area contributed by atoms with E-state index in [1.54, 1.807) is 18.2 Å². The average molecular weight is 289 g/mol. The Kier molecular flexibility index (Phi) is 4.75. The van der Waals surface area contributed by atoms with Crippen LogP contribution < -0.4 is 5.32 Å². The van der Waals surface area contributed by atoms with Gasteiger partial charge in [-0.15, -0.1) is 0 Å². The van der Waals surface area contributed by atoms with Crippen LogP contribution in [0.4, 0.5) is 0 Å². The zero-order valence-electron chi connectivity index (χ0n) is 12.1. The molecule has 1 aromatic rings. The van der Waals surface area contributed by atoms with E-state index in [0.717, 1.165) is 23.6 Å². The molecule has 1 amide bonds. The van der Waals surface area contributed by atoms with Crippen LogP contribution in [0, 0.1) is 6.92 Å². The Morgan fingerprint density at radius 2 is 2.19 bits per heavy atom. The van der Waals surface area contributed by atoms with E-state index in [1.165, 1.54) is 6.08 Å². The number of aliphatic carboxylic acids is 1. The lowest BCUT2D eigenvalue weighted by atomic mass is 10.0. The first kappa shape index (κ1) is 15.3. The normalized spacial score (nSPS) is 21.6. The lowest BCUT2D eigenvalue weighted by Crippen LogP contribution is -2.39. The first-order valence-corrected chi connectivity index (χ1v) is 6.91. The first-order chi connectivity index (χ1) is 9.97. The molecule has 5 nitrogen and oxygen atoms in total. The molecule has 1 fully saturated rings. The van der Waals surface area contributed by atoms with Gasteiger partial charge in [0.05, 0.1) is 12.1 Å². The van der Waals surface area contributed by atoms with Crippen LogP contribution in [0.5, 0.6) is 0 Å². The van der Waals surface area contributed by atoms with Crippen molar-refractivity contribution in [3.05, 3.63) is 41.0 Å². The molecule has 0 aliphatic carbocycles. The van der Waals surface area contributed by atoms with Crippen molar-refractivity contribution in [3.8, 4) is 0 Å². The summed E-state index contributed by atoms with van der Waals surface area (Å²) in [4.78, 5) is 22.7. The van der Waals surface area contributed by atoms with Gasteiger partial charge in [0.15, 0.2) is 0 Å². The molecule has 2 rings (SSSR count). The minimum atomic E-state index is -0.994. The molecule has 0 bridgehead atoms. The van der Waals surface area contributed by atoms with Crippen LogP contribution in [0.3, 0.4) is 0 Å². The number of amides is 1. The van der Waals surface area contributed by atoms with Gasteiger partial charge in [-0.1, -0.05) is 6.07 Å². The quantitative estimate of drug-likeness (QED) is 0.831. The van der Waals surface area contributed by atoms with Gasteiger partial charge < -0.3 is 15.2 Å². The van der Waals surface area contributed by atoms with E-state index in [2.05, 4.69) is 5.32 Å². The van der Waals surface area contributed by atoms with Crippen molar-refractivity contribution in [1.29, 1.82) is 0 Å². The third kappa shape index (κ3) is 3.92. The van der Waals surface area contributed by atoms with Crippen LogP contribution in [0.25, 0.3) is 6.08 Å². The summed E-state index contributed by atoms with van der Waals surface area (Å²) in [6, 6.07) is 5.25. The second-order valence-corrected chi connectivity index (χ2v) is 5.19. The Morgan fingerprint density at radius 1 is 1.43 bits per heavy atom. The molecule has 0 spiro atoms. The van der Waals surface area contributed by atoms with Crippen LogP contribution in [-0.2, 0) is 9.53 Å². The second kappa shape index (κ2) is 6.54. The fraction of sp³-hybridized carbons (Fsp3) is 0.375. The molecule has 112 valence electrons. The lowest BCUT2D eigenvalue weighted by molar-refractivity contribution is -0.131. The zero-order valence-corrected chi connectivity index (χ0v) is 12.1. The smallest absolute Gasteiger partial charge is 0.328 e. The Balaban J connectivity index is 2.08. The number of aryl methyl sites for hydroxylation is 1. The molecule has 5 heteroatoms. The molecule has 0 saturated carbocycles. The number of carbonyl (C=O) groups excluding carboxylic acids is 1. The van der Waals surface area contributed by atoms with Crippen molar-refractivity contribution in [2.45, 2.75) is 32.4 Å². The standard InChI is InChI=1S/C16H19NO4/c1-10-9-13(4-3-12(10)5-6-15(18)19)16(20)17-14-7-8-21-11(14)2/h3-6,9,11,14H,7-8H2,1-2H3,(H,17,20)(H,18,19)/b6-5+. The number of rotatable bonds is 4. The molecule has 0 radical (unpaired) electrons. The molecule has 1 aliphatic rings. The van der Waals surface area contributed by atoms with Crippen molar-refractivity contribution in [2.24, 2.45) is 0 Å². The summed E-state index contributed by atoms with van der Waals surface area (Å²) in [5.74, 6) is -1.12. The lowest BCUT2D eigenvalue weighted by Gasteiger charge is -2.16. The molecule has 1 aromatic carbocycles. The first-order valence-electron chi connectivity index (χ1n) is 6.91. The molecular formula is C16H19NO4. The van der Waals surface area contributed by atoms with E-state index >= 15 is 0 Å². The summed E-state index contributed by atoms with van der Waals surface area (Å²) in [5, 5.41) is 11.6. The maximum Gasteiger partial charge on any atom is 0.328 e. The highest BCUT2D eigenvalue weighted by molar-refractivity contribution is 5.95. The second-order valence-electron chi connectivity index (χ2n) is 5.19. The minimum absolute atomic E-state index is 0.0350. The Hall–Kier alpha value is -2.14. The summed E-state index contributed by atoms with van der Waals surface area (Å²) < 4.78 is 5.42. The molecule has 1 heterocycles. The highest BCUT2D eigenvalue weighted by Gasteiger charge is 2.25. The number of carboxylic acids is 1. The predicted molar refractivity (Wildman–Crippen MR) is 79.1 cm³/mol. The molecule has 2 N–H and O–H groups in total. The summed E-state index contributed by atoms with van der Waals surface area (Å²) in [6.07, 6.45) is 3.46. The van der Waals surface area contributed by atoms with Crippen LogP contribution in [0.15, 0.2) is 24.3 Å². The summed E-state index contributed by atoms with van der Waals surface area (Å²) in [6.45, 7) is 4.46. The van der Waals surface area contributed by atoms with Gasteiger partial charge in [-0.2, -0.15) is 0 Å². The van der Waals surface area contributed by atoms with Crippen molar-refractivity contribution in [3.63, 3.8) is 0 Å². The van der Waals surface area contributed by atoms with E-state index < -0.39 is 5.97 Å². The minimum Gasteiger partial charge on any atom is -0.478 e. The molecular weight excluding hydrogens is 270 g/mol. The largest absolute Gasteiger partial charge is 0.478 e. The van der Waals surface area contributed by atoms with Crippen LogP contribution in [0.1, 0.15) is 34.8 Å². The Bertz CT molecular complexity index is 580. The number of hydrogen-bond acceptors (Lipinski definition) is 3. The van der Waals surface area contributed by atoms with Crippen molar-refractivity contribution in [1.82, 2.24) is 5.32 Å². The van der Waals surface area contributed by atoms with Gasteiger partial charge in [-0.05, 0) is 49.6 Å². The van der Waals surface area contributed by atoms with E-state index in [-0.39, 0.29) is 18.1 Å². The number of carbonyl (C=O) groups is 2. The average Bonchev–Trinajstić information content (AvgIpc) is 2.82.